The summed E-state index contributed by atoms with van der Waals surface area (Å²) in [7, 11) is -0.351. The van der Waals surface area contributed by atoms with E-state index in [1.165, 1.54) is 5.56 Å². The van der Waals surface area contributed by atoms with Crippen LogP contribution in [-0.2, 0) is 10.8 Å². The van der Waals surface area contributed by atoms with Gasteiger partial charge in [0, 0.05) is 6.61 Å². The second kappa shape index (κ2) is 6.08. The fourth-order valence-electron chi connectivity index (χ4n) is 1.40. The minimum absolute atomic E-state index is 0.351. The van der Waals surface area contributed by atoms with Crippen molar-refractivity contribution in [2.45, 2.75) is 38.7 Å². The molecule has 0 radical (unpaired) electrons. The summed E-state index contributed by atoms with van der Waals surface area (Å²) in [4.78, 5) is 0. The Morgan fingerprint density at radius 1 is 1.13 bits per heavy atom. The van der Waals surface area contributed by atoms with Crippen LogP contribution in [0.5, 0.6) is 0 Å². The average molecular weight is 222 g/mol. The van der Waals surface area contributed by atoms with Gasteiger partial charge < -0.3 is 4.43 Å². The van der Waals surface area contributed by atoms with E-state index in [-0.39, 0.29) is 9.76 Å². The maximum Gasteiger partial charge on any atom is 0.166 e. The number of hydrogen-bond donors (Lipinski definition) is 0. The predicted molar refractivity (Wildman–Crippen MR) is 69.0 cm³/mol. The zero-order valence-electron chi connectivity index (χ0n) is 10.1. The Morgan fingerprint density at radius 2 is 1.80 bits per heavy atom. The maximum atomic E-state index is 5.76. The van der Waals surface area contributed by atoms with Gasteiger partial charge in [0.1, 0.15) is 0 Å². The third-order valence-electron chi connectivity index (χ3n) is 2.13. The quantitative estimate of drug-likeness (QED) is 0.550. The molecule has 0 fully saturated rings. The Labute approximate surface area is 95.8 Å². The van der Waals surface area contributed by atoms with E-state index in [9.17, 15) is 0 Å². The Morgan fingerprint density at radius 3 is 2.40 bits per heavy atom. The lowest BCUT2D eigenvalue weighted by atomic mass is 10.1. The van der Waals surface area contributed by atoms with Gasteiger partial charge in [-0.1, -0.05) is 51.1 Å². The standard InChI is InChI=1S/C13H22OSi/c1-13(2,3)15-14-11-7-10-12-8-5-4-6-9-12/h4-6,8-9H,7,10-11,15H2,1-3H3. The van der Waals surface area contributed by atoms with Crippen LogP contribution < -0.4 is 0 Å². The van der Waals surface area contributed by atoms with Gasteiger partial charge in [0.15, 0.2) is 9.76 Å². The van der Waals surface area contributed by atoms with Crippen molar-refractivity contribution in [3.8, 4) is 0 Å². The summed E-state index contributed by atoms with van der Waals surface area (Å²) in [5, 5.41) is 0.423. The van der Waals surface area contributed by atoms with E-state index in [0.29, 0.717) is 5.04 Å². The Kier molecular flexibility index (Phi) is 5.06. The number of hydrogen-bond acceptors (Lipinski definition) is 1. The monoisotopic (exact) mass is 222 g/mol. The van der Waals surface area contributed by atoms with Crippen LogP contribution in [0.3, 0.4) is 0 Å². The molecule has 15 heavy (non-hydrogen) atoms. The molecule has 0 unspecified atom stereocenters. The largest absolute Gasteiger partial charge is 0.423 e. The number of aryl methyl sites for hydroxylation is 1. The zero-order valence-corrected chi connectivity index (χ0v) is 11.5. The van der Waals surface area contributed by atoms with Gasteiger partial charge in [0.2, 0.25) is 0 Å². The Bertz CT molecular complexity index is 264. The highest BCUT2D eigenvalue weighted by Gasteiger charge is 2.10. The van der Waals surface area contributed by atoms with Crippen molar-refractivity contribution >= 4 is 9.76 Å². The van der Waals surface area contributed by atoms with Crippen molar-refractivity contribution in [2.75, 3.05) is 6.61 Å². The lowest BCUT2D eigenvalue weighted by molar-refractivity contribution is 0.314. The van der Waals surface area contributed by atoms with Gasteiger partial charge in [0.05, 0.1) is 0 Å². The molecule has 1 aromatic carbocycles. The highest BCUT2D eigenvalue weighted by atomic mass is 28.2. The lowest BCUT2D eigenvalue weighted by Crippen LogP contribution is -2.13. The molecule has 0 aromatic heterocycles. The lowest BCUT2D eigenvalue weighted by Gasteiger charge is -2.16. The minimum Gasteiger partial charge on any atom is -0.423 e. The molecular weight excluding hydrogens is 200 g/mol. The summed E-state index contributed by atoms with van der Waals surface area (Å²) in [6, 6.07) is 10.6. The SMILES string of the molecule is CC(C)(C)[SiH2]OCCCc1ccccc1. The normalized spacial score (nSPS) is 12.5. The maximum absolute atomic E-state index is 5.76. The molecule has 0 N–H and O–H groups in total. The minimum atomic E-state index is -0.351. The molecule has 1 aromatic rings. The number of rotatable bonds is 5. The van der Waals surface area contributed by atoms with E-state index in [1.54, 1.807) is 0 Å². The van der Waals surface area contributed by atoms with Crippen LogP contribution in [0.2, 0.25) is 5.04 Å². The Hall–Kier alpha value is -0.603. The first-order valence-electron chi connectivity index (χ1n) is 5.70. The van der Waals surface area contributed by atoms with Crippen molar-refractivity contribution in [2.24, 2.45) is 0 Å². The highest BCUT2D eigenvalue weighted by Crippen LogP contribution is 2.19. The van der Waals surface area contributed by atoms with E-state index >= 15 is 0 Å². The molecule has 0 atom stereocenters. The fraction of sp³-hybridized carbons (Fsp3) is 0.538. The molecular formula is C13H22OSi. The van der Waals surface area contributed by atoms with Gasteiger partial charge in [-0.05, 0) is 23.4 Å². The summed E-state index contributed by atoms with van der Waals surface area (Å²) in [5.41, 5.74) is 1.42. The second-order valence-electron chi connectivity index (χ2n) is 5.20. The second-order valence-corrected chi connectivity index (χ2v) is 8.02. The molecule has 1 rings (SSSR count). The van der Waals surface area contributed by atoms with Gasteiger partial charge in [-0.3, -0.25) is 0 Å². The van der Waals surface area contributed by atoms with Gasteiger partial charge in [0.25, 0.3) is 0 Å². The van der Waals surface area contributed by atoms with Crippen molar-refractivity contribution in [3.05, 3.63) is 35.9 Å². The van der Waals surface area contributed by atoms with E-state index in [2.05, 4.69) is 51.1 Å². The molecule has 1 nitrogen and oxygen atoms in total. The van der Waals surface area contributed by atoms with Crippen molar-refractivity contribution in [1.82, 2.24) is 0 Å². The summed E-state index contributed by atoms with van der Waals surface area (Å²) < 4.78 is 5.76. The third kappa shape index (κ3) is 6.47. The van der Waals surface area contributed by atoms with Crippen LogP contribution in [-0.4, -0.2) is 16.4 Å². The number of benzene rings is 1. The molecule has 0 bridgehead atoms. The summed E-state index contributed by atoms with van der Waals surface area (Å²) in [5.74, 6) is 0. The molecule has 2 heteroatoms. The van der Waals surface area contributed by atoms with E-state index in [1.807, 2.05) is 0 Å². The van der Waals surface area contributed by atoms with Crippen molar-refractivity contribution in [1.29, 1.82) is 0 Å². The van der Waals surface area contributed by atoms with E-state index in [4.69, 9.17) is 4.43 Å². The van der Waals surface area contributed by atoms with Crippen LogP contribution in [0.1, 0.15) is 32.8 Å². The predicted octanol–water partition coefficient (Wildman–Crippen LogP) is 2.94. The highest BCUT2D eigenvalue weighted by molar-refractivity contribution is 6.31. The van der Waals surface area contributed by atoms with Crippen molar-refractivity contribution < 1.29 is 4.43 Å². The molecule has 0 aliphatic rings. The van der Waals surface area contributed by atoms with Gasteiger partial charge in [-0.25, -0.2) is 0 Å². The van der Waals surface area contributed by atoms with Gasteiger partial charge in [-0.2, -0.15) is 0 Å². The summed E-state index contributed by atoms with van der Waals surface area (Å²) in [6.07, 6.45) is 2.28. The van der Waals surface area contributed by atoms with Crippen LogP contribution in [0.15, 0.2) is 30.3 Å². The average Bonchev–Trinajstić information content (AvgIpc) is 2.17. The van der Waals surface area contributed by atoms with Crippen LogP contribution in [0.4, 0.5) is 0 Å². The molecule has 0 aliphatic heterocycles. The first-order chi connectivity index (χ1) is 7.08. The molecule has 0 aliphatic carbocycles. The van der Waals surface area contributed by atoms with Crippen molar-refractivity contribution in [3.63, 3.8) is 0 Å². The molecule has 0 heterocycles. The summed E-state index contributed by atoms with van der Waals surface area (Å²) >= 11 is 0. The molecule has 0 saturated carbocycles. The summed E-state index contributed by atoms with van der Waals surface area (Å²) in [6.45, 7) is 7.71. The zero-order chi connectivity index (χ0) is 11.1. The molecule has 0 saturated heterocycles. The molecule has 0 amide bonds. The first kappa shape index (κ1) is 12.5. The fourth-order valence-corrected chi connectivity index (χ4v) is 2.36. The van der Waals surface area contributed by atoms with Gasteiger partial charge in [-0.15, -0.1) is 0 Å². The van der Waals surface area contributed by atoms with Crippen LogP contribution in [0.25, 0.3) is 0 Å². The molecule has 0 spiro atoms. The van der Waals surface area contributed by atoms with E-state index in [0.717, 1.165) is 19.4 Å². The first-order valence-corrected chi connectivity index (χ1v) is 6.98. The Balaban J connectivity index is 2.08. The topological polar surface area (TPSA) is 9.23 Å². The van der Waals surface area contributed by atoms with Crippen LogP contribution in [0, 0.1) is 0 Å². The molecule has 84 valence electrons. The third-order valence-corrected chi connectivity index (χ3v) is 3.49. The smallest absolute Gasteiger partial charge is 0.166 e. The van der Waals surface area contributed by atoms with Gasteiger partial charge >= 0.3 is 0 Å². The van der Waals surface area contributed by atoms with E-state index < -0.39 is 0 Å². The van der Waals surface area contributed by atoms with Crippen LogP contribution >= 0.6 is 0 Å².